The van der Waals surface area contributed by atoms with Gasteiger partial charge in [0.25, 0.3) is 5.91 Å². The summed E-state index contributed by atoms with van der Waals surface area (Å²) in [6.45, 7) is 3.94. The first-order chi connectivity index (χ1) is 15.0. The molecule has 2 N–H and O–H groups in total. The Morgan fingerprint density at radius 2 is 1.87 bits per heavy atom. The smallest absolute Gasteiger partial charge is 0.251 e. The van der Waals surface area contributed by atoms with Crippen LogP contribution in [0.5, 0.6) is 11.6 Å². The molecule has 1 aromatic heterocycles. The molecule has 0 atom stereocenters. The van der Waals surface area contributed by atoms with Gasteiger partial charge in [0.2, 0.25) is 11.8 Å². The number of carbonyl (C=O) groups is 2. The summed E-state index contributed by atoms with van der Waals surface area (Å²) in [6.07, 6.45) is 1.70. The lowest BCUT2D eigenvalue weighted by Crippen LogP contribution is -2.28. The zero-order chi connectivity index (χ0) is 22.2. The number of amides is 2. The Morgan fingerprint density at radius 3 is 2.61 bits per heavy atom. The number of pyridine rings is 1. The lowest BCUT2D eigenvalue weighted by molar-refractivity contribution is -0.116. The van der Waals surface area contributed by atoms with Crippen molar-refractivity contribution in [1.82, 2.24) is 10.3 Å². The Kier molecular flexibility index (Phi) is 6.97. The van der Waals surface area contributed by atoms with Crippen LogP contribution in [0.25, 0.3) is 0 Å². The van der Waals surface area contributed by atoms with E-state index in [4.69, 9.17) is 10.00 Å². The van der Waals surface area contributed by atoms with E-state index in [-0.39, 0.29) is 30.7 Å². The van der Waals surface area contributed by atoms with Gasteiger partial charge in [-0.1, -0.05) is 18.2 Å². The van der Waals surface area contributed by atoms with Gasteiger partial charge in [-0.2, -0.15) is 5.26 Å². The van der Waals surface area contributed by atoms with E-state index in [1.54, 1.807) is 48.7 Å². The van der Waals surface area contributed by atoms with E-state index in [1.807, 2.05) is 32.0 Å². The summed E-state index contributed by atoms with van der Waals surface area (Å²) in [6, 6.07) is 17.8. The average molecular weight is 414 g/mol. The van der Waals surface area contributed by atoms with E-state index >= 15 is 0 Å². The van der Waals surface area contributed by atoms with Crippen LogP contribution in [0.2, 0.25) is 0 Å². The van der Waals surface area contributed by atoms with Crippen LogP contribution >= 0.6 is 0 Å². The Morgan fingerprint density at radius 1 is 1.06 bits per heavy atom. The monoisotopic (exact) mass is 414 g/mol. The number of ether oxygens (including phenoxy) is 1. The molecule has 0 aliphatic heterocycles. The number of nitriles is 1. The third kappa shape index (κ3) is 5.67. The number of benzene rings is 2. The first-order valence-corrected chi connectivity index (χ1v) is 9.75. The summed E-state index contributed by atoms with van der Waals surface area (Å²) < 4.78 is 5.69. The maximum atomic E-state index is 12.3. The minimum absolute atomic E-state index is 0.148. The van der Waals surface area contributed by atoms with Crippen molar-refractivity contribution in [3.8, 4) is 17.7 Å². The van der Waals surface area contributed by atoms with Crippen molar-refractivity contribution in [2.45, 2.75) is 20.3 Å². The molecule has 0 aliphatic rings. The highest BCUT2D eigenvalue weighted by atomic mass is 16.5. The van der Waals surface area contributed by atoms with Gasteiger partial charge in [0.05, 0.1) is 0 Å². The molecular weight excluding hydrogens is 392 g/mol. The third-order valence-corrected chi connectivity index (χ3v) is 4.61. The maximum Gasteiger partial charge on any atom is 0.251 e. The van der Waals surface area contributed by atoms with Crippen LogP contribution in [0, 0.1) is 25.2 Å². The van der Waals surface area contributed by atoms with Gasteiger partial charge in [0.15, 0.2) is 0 Å². The number of hydrogen-bond donors (Lipinski definition) is 2. The molecule has 31 heavy (non-hydrogen) atoms. The van der Waals surface area contributed by atoms with Crippen molar-refractivity contribution in [2.24, 2.45) is 0 Å². The molecule has 7 heteroatoms. The van der Waals surface area contributed by atoms with Crippen LogP contribution in [0.15, 0.2) is 60.8 Å². The fourth-order valence-electron chi connectivity index (χ4n) is 2.93. The lowest BCUT2D eigenvalue weighted by Gasteiger charge is -2.12. The number of nitrogens with one attached hydrogen (secondary N) is 2. The summed E-state index contributed by atoms with van der Waals surface area (Å²) in [4.78, 5) is 28.6. The Balaban J connectivity index is 1.54. The lowest BCUT2D eigenvalue weighted by atomic mass is 10.1. The van der Waals surface area contributed by atoms with Gasteiger partial charge in [-0.05, 0) is 61.4 Å². The van der Waals surface area contributed by atoms with Crippen molar-refractivity contribution in [1.29, 1.82) is 5.26 Å². The largest absolute Gasteiger partial charge is 0.438 e. The maximum absolute atomic E-state index is 12.3. The van der Waals surface area contributed by atoms with Crippen LogP contribution in [0.1, 0.15) is 33.5 Å². The van der Waals surface area contributed by atoms with E-state index in [0.717, 1.165) is 11.1 Å². The molecule has 0 saturated carbocycles. The number of hydrogen-bond acceptors (Lipinski definition) is 5. The first kappa shape index (κ1) is 21.5. The third-order valence-electron chi connectivity index (χ3n) is 4.61. The highest BCUT2D eigenvalue weighted by Crippen LogP contribution is 2.26. The zero-order valence-electron chi connectivity index (χ0n) is 17.3. The number of anilines is 1. The molecule has 3 aromatic rings. The summed E-state index contributed by atoms with van der Waals surface area (Å²) in [7, 11) is 0. The molecule has 1 heterocycles. The number of carbonyl (C=O) groups excluding carboxylic acids is 2. The number of nitrogens with zero attached hydrogens (tertiary/aromatic N) is 2. The predicted molar refractivity (Wildman–Crippen MR) is 117 cm³/mol. The van der Waals surface area contributed by atoms with Crippen LogP contribution in [-0.2, 0) is 4.79 Å². The second kappa shape index (κ2) is 10.0. The molecule has 0 saturated heterocycles. The Labute approximate surface area is 180 Å². The molecule has 0 radical (unpaired) electrons. The van der Waals surface area contributed by atoms with E-state index in [1.165, 1.54) is 0 Å². The number of rotatable bonds is 7. The van der Waals surface area contributed by atoms with E-state index in [0.29, 0.717) is 22.6 Å². The predicted octanol–water partition coefficient (Wildman–Crippen LogP) is 4.12. The van der Waals surface area contributed by atoms with Gasteiger partial charge >= 0.3 is 0 Å². The molecular formula is C24H22N4O3. The topological polar surface area (TPSA) is 104 Å². The fraction of sp³-hybridized carbons (Fsp3) is 0.167. The highest BCUT2D eigenvalue weighted by Gasteiger charge is 2.11. The molecule has 3 rings (SSSR count). The van der Waals surface area contributed by atoms with Gasteiger partial charge in [-0.15, -0.1) is 0 Å². The molecule has 0 bridgehead atoms. The van der Waals surface area contributed by atoms with Crippen molar-refractivity contribution in [2.75, 3.05) is 11.9 Å². The SMILES string of the molecule is Cc1cc(Oc2ncccc2C#N)ccc1NC(=O)CCNC(=O)c1ccccc1C. The van der Waals surface area contributed by atoms with Gasteiger partial charge in [0.1, 0.15) is 17.4 Å². The Bertz CT molecular complexity index is 1150. The minimum atomic E-state index is -0.210. The molecule has 0 aliphatic carbocycles. The van der Waals surface area contributed by atoms with Gasteiger partial charge in [-0.3, -0.25) is 9.59 Å². The average Bonchev–Trinajstić information content (AvgIpc) is 2.76. The normalized spacial score (nSPS) is 10.1. The van der Waals surface area contributed by atoms with Crippen LogP contribution in [0.3, 0.4) is 0 Å². The van der Waals surface area contributed by atoms with Gasteiger partial charge < -0.3 is 15.4 Å². The van der Waals surface area contributed by atoms with Crippen LogP contribution < -0.4 is 15.4 Å². The first-order valence-electron chi connectivity index (χ1n) is 9.75. The summed E-state index contributed by atoms with van der Waals surface area (Å²) in [5, 5.41) is 14.7. The summed E-state index contributed by atoms with van der Waals surface area (Å²) >= 11 is 0. The quantitative estimate of drug-likeness (QED) is 0.605. The van der Waals surface area contributed by atoms with Crippen molar-refractivity contribution in [3.05, 3.63) is 83.0 Å². The fourth-order valence-corrected chi connectivity index (χ4v) is 2.93. The summed E-state index contributed by atoms with van der Waals surface area (Å²) in [5.41, 5.74) is 3.26. The van der Waals surface area contributed by atoms with Crippen molar-refractivity contribution >= 4 is 17.5 Å². The van der Waals surface area contributed by atoms with Crippen LogP contribution in [0.4, 0.5) is 5.69 Å². The molecule has 0 spiro atoms. The number of aromatic nitrogens is 1. The van der Waals surface area contributed by atoms with Gasteiger partial charge in [-0.25, -0.2) is 4.98 Å². The molecule has 2 aromatic carbocycles. The standard InChI is InChI=1S/C24H22N4O3/c1-16-6-3-4-8-20(16)23(30)26-13-11-22(29)28-21-10-9-19(14-17(21)2)31-24-18(15-25)7-5-12-27-24/h3-10,12,14H,11,13H2,1-2H3,(H,26,30)(H,28,29). The van der Waals surface area contributed by atoms with E-state index in [9.17, 15) is 9.59 Å². The van der Waals surface area contributed by atoms with Crippen LogP contribution in [-0.4, -0.2) is 23.3 Å². The second-order valence-electron chi connectivity index (χ2n) is 6.92. The Hall–Kier alpha value is -4.18. The van der Waals surface area contributed by atoms with E-state index in [2.05, 4.69) is 15.6 Å². The molecule has 2 amide bonds. The summed E-state index contributed by atoms with van der Waals surface area (Å²) in [5.74, 6) is 0.329. The second-order valence-corrected chi connectivity index (χ2v) is 6.92. The zero-order valence-corrected chi connectivity index (χ0v) is 17.3. The van der Waals surface area contributed by atoms with Crippen molar-refractivity contribution in [3.63, 3.8) is 0 Å². The molecule has 0 fully saturated rings. The van der Waals surface area contributed by atoms with E-state index < -0.39 is 0 Å². The molecule has 156 valence electrons. The molecule has 7 nitrogen and oxygen atoms in total. The van der Waals surface area contributed by atoms with Crippen molar-refractivity contribution < 1.29 is 14.3 Å². The van der Waals surface area contributed by atoms with Gasteiger partial charge in [0, 0.05) is 30.4 Å². The molecule has 0 unspecified atom stereocenters. The highest BCUT2D eigenvalue weighted by molar-refractivity contribution is 5.96. The minimum Gasteiger partial charge on any atom is -0.438 e. The number of aryl methyl sites for hydroxylation is 2.